The van der Waals surface area contributed by atoms with Crippen LogP contribution >= 0.6 is 21.7 Å². The second-order valence-electron chi connectivity index (χ2n) is 6.58. The van der Waals surface area contributed by atoms with Gasteiger partial charge < -0.3 is 0 Å². The van der Waals surface area contributed by atoms with Crippen LogP contribution in [0.25, 0.3) is 0 Å². The summed E-state index contributed by atoms with van der Waals surface area (Å²) in [5, 5.41) is 0. The fraction of sp³-hybridized carbons (Fsp3) is 0.947. The summed E-state index contributed by atoms with van der Waals surface area (Å²) in [4.78, 5) is 2.46. The van der Waals surface area contributed by atoms with Gasteiger partial charge in [-0.1, -0.05) is 0 Å². The van der Waals surface area contributed by atoms with Crippen LogP contribution in [0.15, 0.2) is 0 Å². The average Bonchev–Trinajstić information content (AvgIpc) is 2.57. The van der Waals surface area contributed by atoms with Crippen LogP contribution in [0.1, 0.15) is 104 Å². The van der Waals surface area contributed by atoms with E-state index in [0.29, 0.717) is 0 Å². The molecule has 0 aromatic carbocycles. The number of hydrogen-bond donors (Lipinski definition) is 0. The SMILES string of the molecule is CCCCCCCCCN(CCCCCCCCC)C(=S)[S][Mo]. The molecule has 137 valence electrons. The van der Waals surface area contributed by atoms with Gasteiger partial charge in [0.15, 0.2) is 0 Å². The van der Waals surface area contributed by atoms with Crippen molar-refractivity contribution in [1.29, 1.82) is 0 Å². The van der Waals surface area contributed by atoms with E-state index in [-0.39, 0.29) is 0 Å². The van der Waals surface area contributed by atoms with Gasteiger partial charge in [-0.15, -0.1) is 0 Å². The molecule has 0 unspecified atom stereocenters. The molecule has 0 amide bonds. The van der Waals surface area contributed by atoms with Crippen molar-refractivity contribution in [3.8, 4) is 0 Å². The number of unbranched alkanes of at least 4 members (excludes halogenated alkanes) is 12. The monoisotopic (exact) mass is 442 g/mol. The van der Waals surface area contributed by atoms with Gasteiger partial charge in [-0.3, -0.25) is 0 Å². The first-order valence-electron chi connectivity index (χ1n) is 9.85. The molecule has 0 fully saturated rings. The molecule has 4 heteroatoms. The minimum absolute atomic E-state index is 1.10. The van der Waals surface area contributed by atoms with E-state index in [1.54, 1.807) is 9.47 Å². The summed E-state index contributed by atoms with van der Waals surface area (Å²) < 4.78 is 1.10. The molecule has 0 N–H and O–H groups in total. The second kappa shape index (κ2) is 19.3. The van der Waals surface area contributed by atoms with Crippen LogP contribution in [0.5, 0.6) is 0 Å². The maximum absolute atomic E-state index is 5.54. The van der Waals surface area contributed by atoms with Crippen molar-refractivity contribution in [2.24, 2.45) is 0 Å². The fourth-order valence-corrected chi connectivity index (χ4v) is 4.11. The van der Waals surface area contributed by atoms with E-state index in [1.807, 2.05) is 18.5 Å². The summed E-state index contributed by atoms with van der Waals surface area (Å²) >= 11 is 7.58. The Balaban J connectivity index is 3.67. The predicted octanol–water partition coefficient (Wildman–Crippen LogP) is 7.27. The molecule has 0 aromatic rings. The second-order valence-corrected chi connectivity index (χ2v) is 9.01. The van der Waals surface area contributed by atoms with Crippen LogP contribution < -0.4 is 0 Å². The van der Waals surface area contributed by atoms with Crippen LogP contribution in [-0.2, 0) is 18.5 Å². The van der Waals surface area contributed by atoms with E-state index in [1.165, 1.54) is 103 Å². The quantitative estimate of drug-likeness (QED) is 0.141. The number of thiocarbonyl (C=S) groups is 1. The summed E-state index contributed by atoms with van der Waals surface area (Å²) in [5.41, 5.74) is 0. The van der Waals surface area contributed by atoms with Gasteiger partial charge in [0.05, 0.1) is 0 Å². The number of rotatable bonds is 16. The van der Waals surface area contributed by atoms with Crippen molar-refractivity contribution in [1.82, 2.24) is 4.90 Å². The predicted molar refractivity (Wildman–Crippen MR) is 108 cm³/mol. The zero-order chi connectivity index (χ0) is 17.2. The Kier molecular flexibility index (Phi) is 20.0. The molecule has 0 aliphatic rings. The molecule has 0 aliphatic heterocycles. The van der Waals surface area contributed by atoms with E-state index in [0.717, 1.165) is 4.32 Å². The molecule has 0 aromatic heterocycles. The van der Waals surface area contributed by atoms with Gasteiger partial charge in [-0.05, 0) is 0 Å². The topological polar surface area (TPSA) is 3.24 Å². The summed E-state index contributed by atoms with van der Waals surface area (Å²) in [6.45, 7) is 6.91. The van der Waals surface area contributed by atoms with E-state index >= 15 is 0 Å². The normalized spacial score (nSPS) is 10.9. The minimum atomic E-state index is 1.10. The molecule has 0 saturated heterocycles. The van der Waals surface area contributed by atoms with Crippen LogP contribution in [0.3, 0.4) is 0 Å². The Morgan fingerprint density at radius 1 is 0.696 bits per heavy atom. The third-order valence-corrected chi connectivity index (χ3v) is 7.31. The summed E-state index contributed by atoms with van der Waals surface area (Å²) in [6.07, 6.45) is 19.3. The van der Waals surface area contributed by atoms with Crippen molar-refractivity contribution >= 4 is 26.0 Å². The third kappa shape index (κ3) is 16.2. The molecule has 0 spiro atoms. The molecule has 0 rings (SSSR count). The van der Waals surface area contributed by atoms with Crippen LogP contribution in [0.2, 0.25) is 0 Å². The molecular weight excluding hydrogens is 402 g/mol. The van der Waals surface area contributed by atoms with Crippen LogP contribution in [-0.4, -0.2) is 22.3 Å². The van der Waals surface area contributed by atoms with Crippen molar-refractivity contribution in [3.05, 3.63) is 0 Å². The average molecular weight is 441 g/mol. The Labute approximate surface area is 165 Å². The van der Waals surface area contributed by atoms with Crippen molar-refractivity contribution in [2.45, 2.75) is 104 Å². The van der Waals surface area contributed by atoms with Gasteiger partial charge in [0.25, 0.3) is 0 Å². The van der Waals surface area contributed by atoms with Gasteiger partial charge in [-0.2, -0.15) is 0 Å². The van der Waals surface area contributed by atoms with Crippen LogP contribution in [0.4, 0.5) is 0 Å². The van der Waals surface area contributed by atoms with E-state index in [9.17, 15) is 0 Å². The Morgan fingerprint density at radius 3 is 1.39 bits per heavy atom. The van der Waals surface area contributed by atoms with Crippen molar-refractivity contribution < 1.29 is 18.5 Å². The standard InChI is InChI=1S/C19H39NS2.Mo/c1-3-5-7-9-11-13-15-17-20(19(21)22)18-16-14-12-10-8-6-4-2;/h3-18H2,1-2H3,(H,21,22);/q;+1/p-1. The zero-order valence-corrected chi connectivity index (χ0v) is 19.1. The third-order valence-electron chi connectivity index (χ3n) is 4.39. The van der Waals surface area contributed by atoms with E-state index in [2.05, 4.69) is 18.7 Å². The Morgan fingerprint density at radius 2 is 1.04 bits per heavy atom. The molecule has 0 heterocycles. The Hall–Kier alpha value is 0.928. The fourth-order valence-electron chi connectivity index (χ4n) is 2.87. The van der Waals surface area contributed by atoms with Crippen molar-refractivity contribution in [3.63, 3.8) is 0 Å². The first-order valence-corrected chi connectivity index (χ1v) is 13.5. The number of hydrogen-bond acceptors (Lipinski definition) is 2. The maximum atomic E-state index is 5.54. The number of nitrogens with zero attached hydrogens (tertiary/aromatic N) is 1. The van der Waals surface area contributed by atoms with Crippen LogP contribution in [0, 0.1) is 0 Å². The van der Waals surface area contributed by atoms with Gasteiger partial charge in [-0.25, -0.2) is 0 Å². The summed E-state index contributed by atoms with van der Waals surface area (Å²) in [6, 6.07) is 0. The summed E-state index contributed by atoms with van der Waals surface area (Å²) in [7, 11) is 1.75. The van der Waals surface area contributed by atoms with E-state index in [4.69, 9.17) is 12.2 Å². The summed E-state index contributed by atoms with van der Waals surface area (Å²) in [5.74, 6) is 0. The molecule has 23 heavy (non-hydrogen) atoms. The van der Waals surface area contributed by atoms with Crippen molar-refractivity contribution in [2.75, 3.05) is 13.1 Å². The van der Waals surface area contributed by atoms with E-state index < -0.39 is 0 Å². The van der Waals surface area contributed by atoms with Gasteiger partial charge in [0.2, 0.25) is 0 Å². The molecule has 0 saturated carbocycles. The van der Waals surface area contributed by atoms with Gasteiger partial charge >= 0.3 is 166 Å². The molecule has 0 aliphatic carbocycles. The first-order chi connectivity index (χ1) is 11.3. The molecular formula is C19H38MoNS2. The Bertz CT molecular complexity index is 244. The molecule has 1 nitrogen and oxygen atoms in total. The first kappa shape index (κ1) is 23.9. The molecule has 0 bridgehead atoms. The molecule has 0 atom stereocenters. The van der Waals surface area contributed by atoms with Gasteiger partial charge in [0, 0.05) is 0 Å². The molecule has 0 radical (unpaired) electrons. The zero-order valence-electron chi connectivity index (χ0n) is 15.5. The van der Waals surface area contributed by atoms with Gasteiger partial charge in [0.1, 0.15) is 0 Å².